The molecule has 0 aliphatic heterocycles. The molecule has 0 aromatic carbocycles. The average molecular weight is 421 g/mol. The molecule has 1 saturated carbocycles. The molecule has 0 spiro atoms. The first-order valence-electron chi connectivity index (χ1n) is 11.7. The minimum absolute atomic E-state index is 0.223. The molecule has 0 aromatic heterocycles. The number of hydrogen-bond acceptors (Lipinski definition) is 4. The predicted octanol–water partition coefficient (Wildman–Crippen LogP) is 5.74. The van der Waals surface area contributed by atoms with Gasteiger partial charge in [0.2, 0.25) is 0 Å². The van der Waals surface area contributed by atoms with Crippen LogP contribution in [0.5, 0.6) is 0 Å². The Morgan fingerprint density at radius 1 is 1.17 bits per heavy atom. The third-order valence-corrected chi connectivity index (χ3v) is 6.52. The largest absolute Gasteiger partial charge is 0.458 e. The zero-order chi connectivity index (χ0) is 22.6. The molecule has 0 heterocycles. The van der Waals surface area contributed by atoms with Crippen LogP contribution >= 0.6 is 0 Å². The molecule has 0 aromatic rings. The summed E-state index contributed by atoms with van der Waals surface area (Å²) in [5, 5.41) is 20.0. The van der Waals surface area contributed by atoms with Crippen molar-refractivity contribution >= 4 is 5.97 Å². The quantitative estimate of drug-likeness (QED) is 0.240. The third-order valence-electron chi connectivity index (χ3n) is 6.52. The van der Waals surface area contributed by atoms with Crippen molar-refractivity contribution in [2.24, 2.45) is 17.3 Å². The van der Waals surface area contributed by atoms with Crippen molar-refractivity contribution in [3.05, 3.63) is 36.0 Å². The summed E-state index contributed by atoms with van der Waals surface area (Å²) in [6.45, 7) is 9.88. The van der Waals surface area contributed by atoms with Gasteiger partial charge in [0, 0.05) is 12.3 Å². The SMILES string of the molecule is CC(=O)O[C@H](/C=C/C=C/C1(C(O)CO)CCCCC1C)CC[C@@H](C)CCC=C(C)C. The van der Waals surface area contributed by atoms with Crippen molar-refractivity contribution in [2.75, 3.05) is 6.61 Å². The van der Waals surface area contributed by atoms with E-state index in [-0.39, 0.29) is 24.1 Å². The summed E-state index contributed by atoms with van der Waals surface area (Å²) in [7, 11) is 0. The number of carbonyl (C=O) groups excluding carboxylic acids is 1. The van der Waals surface area contributed by atoms with E-state index in [1.807, 2.05) is 18.2 Å². The highest BCUT2D eigenvalue weighted by atomic mass is 16.5. The molecule has 0 radical (unpaired) electrons. The Balaban J connectivity index is 2.71. The minimum Gasteiger partial charge on any atom is -0.458 e. The fraction of sp³-hybridized carbons (Fsp3) is 0.731. The van der Waals surface area contributed by atoms with E-state index in [2.05, 4.69) is 39.8 Å². The van der Waals surface area contributed by atoms with Crippen LogP contribution in [0.25, 0.3) is 0 Å². The van der Waals surface area contributed by atoms with Gasteiger partial charge in [-0.05, 0) is 70.3 Å². The molecule has 0 bridgehead atoms. The van der Waals surface area contributed by atoms with Gasteiger partial charge in [0.15, 0.2) is 0 Å². The molecule has 5 atom stereocenters. The predicted molar refractivity (Wildman–Crippen MR) is 124 cm³/mol. The Bertz CT molecular complexity index is 582. The van der Waals surface area contributed by atoms with Crippen LogP contribution < -0.4 is 0 Å². The van der Waals surface area contributed by atoms with Crippen molar-refractivity contribution in [1.82, 2.24) is 0 Å². The minimum atomic E-state index is -0.747. The normalized spacial score (nSPS) is 25.2. The molecule has 2 N–H and O–H groups in total. The zero-order valence-corrected chi connectivity index (χ0v) is 19.8. The second-order valence-electron chi connectivity index (χ2n) is 9.39. The Morgan fingerprint density at radius 2 is 1.90 bits per heavy atom. The van der Waals surface area contributed by atoms with Crippen molar-refractivity contribution in [3.63, 3.8) is 0 Å². The van der Waals surface area contributed by atoms with Gasteiger partial charge in [0.25, 0.3) is 0 Å². The van der Waals surface area contributed by atoms with Crippen LogP contribution in [0.4, 0.5) is 0 Å². The lowest BCUT2D eigenvalue weighted by Crippen LogP contribution is -2.43. The average Bonchev–Trinajstić information content (AvgIpc) is 2.69. The van der Waals surface area contributed by atoms with Gasteiger partial charge >= 0.3 is 5.97 Å². The molecule has 1 fully saturated rings. The van der Waals surface area contributed by atoms with E-state index < -0.39 is 6.10 Å². The number of aliphatic hydroxyl groups excluding tert-OH is 2. The van der Waals surface area contributed by atoms with Crippen molar-refractivity contribution in [3.8, 4) is 0 Å². The first-order chi connectivity index (χ1) is 14.2. The summed E-state index contributed by atoms with van der Waals surface area (Å²) in [6, 6.07) is 0. The first-order valence-corrected chi connectivity index (χ1v) is 11.7. The lowest BCUT2D eigenvalue weighted by Gasteiger charge is -2.43. The van der Waals surface area contributed by atoms with Crippen molar-refractivity contribution < 1.29 is 19.7 Å². The van der Waals surface area contributed by atoms with Gasteiger partial charge in [-0.3, -0.25) is 4.79 Å². The van der Waals surface area contributed by atoms with Crippen LogP contribution in [-0.4, -0.2) is 35.0 Å². The van der Waals surface area contributed by atoms with Crippen molar-refractivity contribution in [1.29, 1.82) is 0 Å². The second kappa shape index (κ2) is 13.8. The Labute approximate surface area is 184 Å². The maximum Gasteiger partial charge on any atom is 0.303 e. The number of hydrogen-bond donors (Lipinski definition) is 2. The van der Waals surface area contributed by atoms with Gasteiger partial charge in [-0.2, -0.15) is 0 Å². The number of esters is 1. The van der Waals surface area contributed by atoms with E-state index in [1.165, 1.54) is 18.9 Å². The lowest BCUT2D eigenvalue weighted by atomic mass is 9.63. The van der Waals surface area contributed by atoms with Gasteiger partial charge in [0.05, 0.1) is 12.7 Å². The fourth-order valence-electron chi connectivity index (χ4n) is 4.50. The lowest BCUT2D eigenvalue weighted by molar-refractivity contribution is -0.144. The number of carbonyl (C=O) groups is 1. The van der Waals surface area contributed by atoms with E-state index in [9.17, 15) is 15.0 Å². The maximum atomic E-state index is 11.5. The monoisotopic (exact) mass is 420 g/mol. The molecule has 4 heteroatoms. The third kappa shape index (κ3) is 9.18. The molecule has 4 nitrogen and oxygen atoms in total. The number of aliphatic hydroxyl groups is 2. The van der Waals surface area contributed by atoms with Gasteiger partial charge < -0.3 is 14.9 Å². The van der Waals surface area contributed by atoms with Crippen molar-refractivity contribution in [2.45, 2.75) is 98.2 Å². The molecule has 3 unspecified atom stereocenters. The van der Waals surface area contributed by atoms with Gasteiger partial charge in [-0.25, -0.2) is 0 Å². The van der Waals surface area contributed by atoms with Crippen LogP contribution in [0.1, 0.15) is 86.0 Å². The molecule has 1 aliphatic rings. The molecule has 1 aliphatic carbocycles. The number of allylic oxidation sites excluding steroid dienone is 4. The summed E-state index contributed by atoms with van der Waals surface area (Å²) >= 11 is 0. The highest BCUT2D eigenvalue weighted by Gasteiger charge is 2.41. The molecule has 0 saturated heterocycles. The topological polar surface area (TPSA) is 66.8 Å². The molecular formula is C26H44O4. The Hall–Kier alpha value is -1.39. The summed E-state index contributed by atoms with van der Waals surface area (Å²) in [4.78, 5) is 11.5. The standard InChI is InChI=1S/C26H44O4/c1-20(2)11-10-12-21(3)15-16-24(30-23(5)28)14-7-9-18-26(25(29)19-27)17-8-6-13-22(26)4/h7,9,11,14,18,21-22,24-25,27,29H,6,8,10,12-13,15-17,19H2,1-5H3/b14-7+,18-9+/t21-,22?,24+,25?,26?/m0/s1. The molecule has 30 heavy (non-hydrogen) atoms. The number of rotatable bonds is 12. The fourth-order valence-corrected chi connectivity index (χ4v) is 4.50. The Kier molecular flexibility index (Phi) is 12.3. The highest BCUT2D eigenvalue weighted by molar-refractivity contribution is 5.66. The molecule has 172 valence electrons. The maximum absolute atomic E-state index is 11.5. The van der Waals surface area contributed by atoms with Crippen LogP contribution in [0.15, 0.2) is 36.0 Å². The summed E-state index contributed by atoms with van der Waals surface area (Å²) in [6.07, 6.45) is 17.4. The summed E-state index contributed by atoms with van der Waals surface area (Å²) in [5.41, 5.74) is 0.972. The van der Waals surface area contributed by atoms with E-state index >= 15 is 0 Å². The van der Waals surface area contributed by atoms with Crippen LogP contribution in [0.3, 0.4) is 0 Å². The van der Waals surface area contributed by atoms with Crippen LogP contribution in [0, 0.1) is 17.3 Å². The molecular weight excluding hydrogens is 376 g/mol. The first kappa shape index (κ1) is 26.6. The summed E-state index contributed by atoms with van der Waals surface area (Å²) in [5.74, 6) is 0.636. The Morgan fingerprint density at radius 3 is 2.50 bits per heavy atom. The van der Waals surface area contributed by atoms with E-state index in [0.717, 1.165) is 44.9 Å². The second-order valence-corrected chi connectivity index (χ2v) is 9.39. The van der Waals surface area contributed by atoms with Crippen LogP contribution in [0.2, 0.25) is 0 Å². The smallest absolute Gasteiger partial charge is 0.303 e. The molecule has 0 amide bonds. The van der Waals surface area contributed by atoms with Crippen LogP contribution in [-0.2, 0) is 9.53 Å². The highest BCUT2D eigenvalue weighted by Crippen LogP contribution is 2.45. The number of ether oxygens (including phenoxy) is 1. The zero-order valence-electron chi connectivity index (χ0n) is 19.8. The summed E-state index contributed by atoms with van der Waals surface area (Å²) < 4.78 is 5.49. The van der Waals surface area contributed by atoms with E-state index in [1.54, 1.807) is 0 Å². The van der Waals surface area contributed by atoms with Gasteiger partial charge in [-0.1, -0.05) is 56.6 Å². The molecule has 1 rings (SSSR count). The van der Waals surface area contributed by atoms with E-state index in [4.69, 9.17) is 4.74 Å². The van der Waals surface area contributed by atoms with Gasteiger partial charge in [-0.15, -0.1) is 0 Å². The van der Waals surface area contributed by atoms with E-state index in [0.29, 0.717) is 11.8 Å². The van der Waals surface area contributed by atoms with Gasteiger partial charge in [0.1, 0.15) is 6.10 Å².